The van der Waals surface area contributed by atoms with E-state index in [2.05, 4.69) is 5.32 Å². The molecule has 5 N–H and O–H groups in total. The quantitative estimate of drug-likeness (QED) is 0.581. The Kier molecular flexibility index (Phi) is 5.04. The van der Waals surface area contributed by atoms with Crippen LogP contribution in [-0.2, 0) is 9.59 Å². The summed E-state index contributed by atoms with van der Waals surface area (Å²) in [5, 5.41) is 19.8. The lowest BCUT2D eigenvalue weighted by Gasteiger charge is -2.12. The molecular formula is C12H14N2O6. The van der Waals surface area contributed by atoms with E-state index in [1.54, 1.807) is 0 Å². The van der Waals surface area contributed by atoms with Gasteiger partial charge in [-0.15, -0.1) is 0 Å². The Morgan fingerprint density at radius 2 is 2.00 bits per heavy atom. The number of benzene rings is 1. The van der Waals surface area contributed by atoms with Gasteiger partial charge < -0.3 is 26.0 Å². The van der Waals surface area contributed by atoms with Crippen LogP contribution in [0.4, 0.5) is 5.69 Å². The molecule has 0 heterocycles. The Balaban J connectivity index is 2.86. The fraction of sp³-hybridized carbons (Fsp3) is 0.250. The zero-order valence-electron chi connectivity index (χ0n) is 10.6. The van der Waals surface area contributed by atoms with Crippen LogP contribution in [0.1, 0.15) is 16.8 Å². The van der Waals surface area contributed by atoms with E-state index in [0.29, 0.717) is 0 Å². The molecule has 0 fully saturated rings. The number of anilines is 1. The monoisotopic (exact) mass is 282 g/mol. The number of hydrogen-bond acceptors (Lipinski definition) is 5. The summed E-state index contributed by atoms with van der Waals surface area (Å²) in [5.41, 5.74) is 5.60. The second-order valence-electron chi connectivity index (χ2n) is 3.91. The second-order valence-corrected chi connectivity index (χ2v) is 3.91. The molecule has 0 spiro atoms. The molecule has 0 radical (unpaired) electrons. The first-order valence-corrected chi connectivity index (χ1v) is 5.54. The highest BCUT2D eigenvalue weighted by atomic mass is 16.5. The molecule has 0 aliphatic rings. The molecule has 0 aromatic heterocycles. The number of rotatable bonds is 6. The Morgan fingerprint density at radius 1 is 1.35 bits per heavy atom. The molecule has 1 aromatic rings. The van der Waals surface area contributed by atoms with Crippen molar-refractivity contribution in [1.82, 2.24) is 0 Å². The summed E-state index contributed by atoms with van der Waals surface area (Å²) in [7, 11) is 1.30. The summed E-state index contributed by atoms with van der Waals surface area (Å²) in [4.78, 5) is 32.9. The lowest BCUT2D eigenvalue weighted by molar-refractivity contribution is -0.138. The van der Waals surface area contributed by atoms with Gasteiger partial charge in [-0.1, -0.05) is 0 Å². The van der Waals surface area contributed by atoms with Gasteiger partial charge in [0.15, 0.2) is 0 Å². The van der Waals surface area contributed by atoms with E-state index in [9.17, 15) is 14.4 Å². The predicted octanol–water partition coefficient (Wildman–Crippen LogP) is 0.134. The highest BCUT2D eigenvalue weighted by molar-refractivity contribution is 5.98. The van der Waals surface area contributed by atoms with Gasteiger partial charge >= 0.3 is 11.9 Å². The van der Waals surface area contributed by atoms with Crippen LogP contribution < -0.4 is 15.8 Å². The van der Waals surface area contributed by atoms with Gasteiger partial charge in [0.25, 0.3) is 0 Å². The van der Waals surface area contributed by atoms with Crippen LogP contribution in [0.3, 0.4) is 0 Å². The van der Waals surface area contributed by atoms with Crippen molar-refractivity contribution in [3.63, 3.8) is 0 Å². The van der Waals surface area contributed by atoms with E-state index in [1.807, 2.05) is 0 Å². The molecule has 108 valence electrons. The Hall–Kier alpha value is -2.61. The third kappa shape index (κ3) is 3.95. The number of methoxy groups -OCH3 is 1. The van der Waals surface area contributed by atoms with E-state index < -0.39 is 30.3 Å². The van der Waals surface area contributed by atoms with E-state index in [0.717, 1.165) is 0 Å². The van der Waals surface area contributed by atoms with Gasteiger partial charge in [-0.2, -0.15) is 0 Å². The molecule has 0 saturated carbocycles. The van der Waals surface area contributed by atoms with Crippen molar-refractivity contribution in [2.24, 2.45) is 5.73 Å². The topological polar surface area (TPSA) is 139 Å². The van der Waals surface area contributed by atoms with E-state index in [-0.39, 0.29) is 17.0 Å². The Morgan fingerprint density at radius 3 is 2.50 bits per heavy atom. The number of hydrogen-bond donors (Lipinski definition) is 4. The Bertz CT molecular complexity index is 543. The Labute approximate surface area is 114 Å². The van der Waals surface area contributed by atoms with Crippen molar-refractivity contribution in [1.29, 1.82) is 0 Å². The number of carbonyl (C=O) groups excluding carboxylic acids is 1. The maximum atomic E-state index is 11.6. The lowest BCUT2D eigenvalue weighted by atomic mass is 10.1. The zero-order chi connectivity index (χ0) is 15.3. The fourth-order valence-corrected chi connectivity index (χ4v) is 1.46. The molecule has 8 nitrogen and oxygen atoms in total. The third-order valence-corrected chi connectivity index (χ3v) is 2.43. The van der Waals surface area contributed by atoms with Crippen molar-refractivity contribution < 1.29 is 29.3 Å². The molecule has 1 unspecified atom stereocenters. The van der Waals surface area contributed by atoms with Crippen LogP contribution in [-0.4, -0.2) is 41.2 Å². The SMILES string of the molecule is COc1cc(NC(=O)C(N)CC(=O)O)ccc1C(=O)O. The molecule has 1 aromatic carbocycles. The largest absolute Gasteiger partial charge is 0.496 e. The van der Waals surface area contributed by atoms with Gasteiger partial charge in [0, 0.05) is 11.8 Å². The van der Waals surface area contributed by atoms with Crippen LogP contribution in [0.5, 0.6) is 5.75 Å². The van der Waals surface area contributed by atoms with Crippen molar-refractivity contribution in [3.8, 4) is 5.75 Å². The van der Waals surface area contributed by atoms with Crippen LogP contribution in [0.2, 0.25) is 0 Å². The van der Waals surface area contributed by atoms with Gasteiger partial charge in [-0.05, 0) is 12.1 Å². The maximum Gasteiger partial charge on any atom is 0.339 e. The van der Waals surface area contributed by atoms with Crippen LogP contribution in [0.15, 0.2) is 18.2 Å². The summed E-state index contributed by atoms with van der Waals surface area (Å²) in [6.45, 7) is 0. The standard InChI is InChI=1S/C12H14N2O6/c1-20-9-4-6(2-3-7(9)12(18)19)14-11(17)8(13)5-10(15)16/h2-4,8H,5,13H2,1H3,(H,14,17)(H,15,16)(H,18,19). The minimum atomic E-state index is -1.20. The van der Waals surface area contributed by atoms with Gasteiger partial charge in [-0.25, -0.2) is 4.79 Å². The molecule has 20 heavy (non-hydrogen) atoms. The van der Waals surface area contributed by atoms with Crippen molar-refractivity contribution in [2.45, 2.75) is 12.5 Å². The average Bonchev–Trinajstić information content (AvgIpc) is 2.37. The van der Waals surface area contributed by atoms with Crippen molar-refractivity contribution in [3.05, 3.63) is 23.8 Å². The number of nitrogens with one attached hydrogen (secondary N) is 1. The normalized spacial score (nSPS) is 11.5. The fourth-order valence-electron chi connectivity index (χ4n) is 1.46. The number of nitrogens with two attached hydrogens (primary N) is 1. The number of carboxylic acids is 2. The van der Waals surface area contributed by atoms with Gasteiger partial charge in [0.1, 0.15) is 11.3 Å². The minimum Gasteiger partial charge on any atom is -0.496 e. The van der Waals surface area contributed by atoms with Crippen molar-refractivity contribution in [2.75, 3.05) is 12.4 Å². The van der Waals surface area contributed by atoms with Crippen LogP contribution >= 0.6 is 0 Å². The first-order valence-electron chi connectivity index (χ1n) is 5.54. The molecule has 1 amide bonds. The molecule has 0 aliphatic heterocycles. The molecule has 8 heteroatoms. The first-order chi connectivity index (χ1) is 9.35. The summed E-state index contributed by atoms with van der Waals surface area (Å²) in [6, 6.07) is 2.74. The summed E-state index contributed by atoms with van der Waals surface area (Å²) in [6.07, 6.45) is -0.504. The summed E-state index contributed by atoms with van der Waals surface area (Å²) in [5.74, 6) is -2.96. The van der Waals surface area contributed by atoms with E-state index >= 15 is 0 Å². The van der Waals surface area contributed by atoms with Gasteiger partial charge in [0.05, 0.1) is 19.6 Å². The highest BCUT2D eigenvalue weighted by Crippen LogP contribution is 2.23. The molecule has 1 atom stereocenters. The molecule has 0 saturated heterocycles. The van der Waals surface area contributed by atoms with Crippen LogP contribution in [0, 0.1) is 0 Å². The van der Waals surface area contributed by atoms with Gasteiger partial charge in [0.2, 0.25) is 5.91 Å². The number of amides is 1. The van der Waals surface area contributed by atoms with E-state index in [1.165, 1.54) is 25.3 Å². The number of aromatic carboxylic acids is 1. The lowest BCUT2D eigenvalue weighted by Crippen LogP contribution is -2.37. The third-order valence-electron chi connectivity index (χ3n) is 2.43. The zero-order valence-corrected chi connectivity index (χ0v) is 10.6. The molecular weight excluding hydrogens is 268 g/mol. The smallest absolute Gasteiger partial charge is 0.339 e. The molecule has 0 bridgehead atoms. The van der Waals surface area contributed by atoms with E-state index in [4.69, 9.17) is 20.7 Å². The summed E-state index contributed by atoms with van der Waals surface area (Å²) >= 11 is 0. The predicted molar refractivity (Wildman–Crippen MR) is 68.8 cm³/mol. The number of carbonyl (C=O) groups is 3. The van der Waals surface area contributed by atoms with Gasteiger partial charge in [-0.3, -0.25) is 9.59 Å². The minimum absolute atomic E-state index is 0.0552. The average molecular weight is 282 g/mol. The van der Waals surface area contributed by atoms with Crippen molar-refractivity contribution >= 4 is 23.5 Å². The second kappa shape index (κ2) is 6.53. The number of aliphatic carboxylic acids is 1. The first kappa shape index (κ1) is 15.4. The number of ether oxygens (including phenoxy) is 1. The highest BCUT2D eigenvalue weighted by Gasteiger charge is 2.18. The number of carboxylic acid groups (broad SMARTS) is 2. The molecule has 1 rings (SSSR count). The summed E-state index contributed by atoms with van der Waals surface area (Å²) < 4.78 is 4.90. The van der Waals surface area contributed by atoms with Crippen LogP contribution in [0.25, 0.3) is 0 Å². The molecule has 0 aliphatic carbocycles. The maximum absolute atomic E-state index is 11.6.